The topological polar surface area (TPSA) is 146 Å². The molecule has 326 valence electrons. The Hall–Kier alpha value is -5.66. The largest absolute Gasteiger partial charge is 0.741 e. The number of hydrogen-bond donors (Lipinski definition) is 3. The number of alkyl halides is 6. The van der Waals surface area contributed by atoms with Gasteiger partial charge in [0.05, 0.1) is 12.7 Å². The van der Waals surface area contributed by atoms with Gasteiger partial charge in [-0.05, 0) is 132 Å². The molecule has 4 aliphatic heterocycles. The number of benzene rings is 2. The van der Waals surface area contributed by atoms with Crippen LogP contribution in [0.15, 0.2) is 156 Å². The third-order valence-corrected chi connectivity index (χ3v) is 12.5. The molecular formula is C44H40F6N4O6S2. The first kappa shape index (κ1) is 44.4. The van der Waals surface area contributed by atoms with Crippen LogP contribution in [0.2, 0.25) is 0 Å². The van der Waals surface area contributed by atoms with E-state index in [1.807, 2.05) is 12.4 Å². The van der Waals surface area contributed by atoms with Gasteiger partial charge in [-0.25, -0.2) is 8.42 Å². The molecule has 2 aromatic carbocycles. The summed E-state index contributed by atoms with van der Waals surface area (Å²) in [6.45, 7) is 1.13. The molecule has 0 amide bonds. The summed E-state index contributed by atoms with van der Waals surface area (Å²) in [4.78, 5) is 8.87. The number of H-pyrrole nitrogens is 2. The van der Waals surface area contributed by atoms with Crippen LogP contribution in [-0.4, -0.2) is 68.4 Å². The molecule has 2 aromatic heterocycles. The number of aromatic nitrogens is 2. The summed E-state index contributed by atoms with van der Waals surface area (Å²) in [6.07, 6.45) is 41.7. The summed E-state index contributed by atoms with van der Waals surface area (Å²) >= 11 is 0. The third-order valence-electron chi connectivity index (χ3n) is 11.3. The lowest BCUT2D eigenvalue weighted by Gasteiger charge is -2.54. The van der Waals surface area contributed by atoms with Crippen molar-refractivity contribution >= 4 is 54.2 Å². The second-order valence-electron chi connectivity index (χ2n) is 15.2. The van der Waals surface area contributed by atoms with Gasteiger partial charge in [-0.2, -0.15) is 34.8 Å². The molecule has 6 heterocycles. The molecule has 4 aromatic rings. The number of allylic oxidation sites excluding steroid dienone is 8. The molecule has 1 fully saturated rings. The Morgan fingerprint density at radius 3 is 2.08 bits per heavy atom. The molecule has 0 radical (unpaired) electrons. The predicted octanol–water partition coefficient (Wildman–Crippen LogP) is 10.6. The molecule has 2 unspecified atom stereocenters. The molecule has 18 heteroatoms. The zero-order valence-electron chi connectivity index (χ0n) is 32.7. The van der Waals surface area contributed by atoms with Crippen LogP contribution in [0.4, 0.5) is 26.3 Å². The molecule has 3 N–H and O–H groups in total. The summed E-state index contributed by atoms with van der Waals surface area (Å²) < 4.78 is 117. The van der Waals surface area contributed by atoms with E-state index >= 15 is 0 Å². The van der Waals surface area contributed by atoms with Crippen LogP contribution in [-0.2, 0) is 20.2 Å². The molecule has 0 bridgehead atoms. The molecule has 0 spiro atoms. The van der Waals surface area contributed by atoms with Crippen LogP contribution in [0.3, 0.4) is 0 Å². The highest BCUT2D eigenvalue weighted by molar-refractivity contribution is 7.86. The quantitative estimate of drug-likeness (QED) is 0.0800. The second kappa shape index (κ2) is 16.9. The van der Waals surface area contributed by atoms with Gasteiger partial charge < -0.3 is 19.4 Å². The van der Waals surface area contributed by atoms with Gasteiger partial charge in [0.25, 0.3) is 0 Å². The maximum Gasteiger partial charge on any atom is 0.522 e. The summed E-state index contributed by atoms with van der Waals surface area (Å²) in [5.74, 6) is 0. The molecule has 1 saturated heterocycles. The van der Waals surface area contributed by atoms with E-state index in [-0.39, 0.29) is 5.54 Å². The molecule has 9 rings (SSSR count). The van der Waals surface area contributed by atoms with Crippen molar-refractivity contribution in [1.82, 2.24) is 14.9 Å². The van der Waals surface area contributed by atoms with Crippen molar-refractivity contribution in [1.29, 1.82) is 0 Å². The first-order valence-corrected chi connectivity index (χ1v) is 22.2. The van der Waals surface area contributed by atoms with Crippen LogP contribution in [0.25, 0.3) is 34.0 Å². The number of quaternary nitrogens is 1. The highest BCUT2D eigenvalue weighted by Crippen LogP contribution is 2.55. The maximum atomic E-state index is 10.7. The number of rotatable bonds is 4. The summed E-state index contributed by atoms with van der Waals surface area (Å²) in [5, 5.41) is 2.49. The second-order valence-corrected chi connectivity index (χ2v) is 18.0. The molecular weight excluding hydrogens is 859 g/mol. The standard InChI is InChI=1S/C42H39N4.2CHF3O3S/c1-2-25-46-26-4-6-35-12-11-34-5-3-23-45(24-18-32-10-14-40-37(28-32)17-22-44-40)29-38(34)41(35)42(46,19-1)20-15-33(30-46)8-7-31-9-13-39-36(27-31)16-21-43-39;2*2-1(3,4)8(5,6)7/h3-5,7-10,13-18,20-24,26-30,43-44H,1-2,6,11-12,19,25H2;2*(H,5,6,7)/q+1;;/p-1/b8-7+,24-18+;;. The minimum Gasteiger partial charge on any atom is -0.741 e. The first-order valence-electron chi connectivity index (χ1n) is 19.3. The molecule has 10 nitrogen and oxygen atoms in total. The minimum absolute atomic E-state index is 0.0909. The highest BCUT2D eigenvalue weighted by Gasteiger charge is 2.56. The van der Waals surface area contributed by atoms with Crippen LogP contribution < -0.4 is 0 Å². The van der Waals surface area contributed by atoms with E-state index in [2.05, 4.69) is 143 Å². The maximum absolute atomic E-state index is 10.7. The van der Waals surface area contributed by atoms with Gasteiger partial charge >= 0.3 is 21.1 Å². The Kier molecular flexibility index (Phi) is 12.1. The monoisotopic (exact) mass is 898 g/mol. The van der Waals surface area contributed by atoms with Gasteiger partial charge in [-0.3, -0.25) is 9.04 Å². The van der Waals surface area contributed by atoms with Crippen LogP contribution in [0.5, 0.6) is 0 Å². The van der Waals surface area contributed by atoms with Crippen LogP contribution in [0, 0.1) is 0 Å². The summed E-state index contributed by atoms with van der Waals surface area (Å²) in [5.41, 5.74) is 0.860. The molecule has 62 heavy (non-hydrogen) atoms. The Morgan fingerprint density at radius 2 is 1.47 bits per heavy atom. The lowest BCUT2D eigenvalue weighted by molar-refractivity contribution is -0.876. The van der Waals surface area contributed by atoms with Crippen molar-refractivity contribution in [3.63, 3.8) is 0 Å². The van der Waals surface area contributed by atoms with Crippen molar-refractivity contribution in [3.8, 4) is 0 Å². The van der Waals surface area contributed by atoms with Gasteiger partial charge in [-0.15, -0.1) is 0 Å². The van der Waals surface area contributed by atoms with Crippen LogP contribution >= 0.6 is 0 Å². The van der Waals surface area contributed by atoms with Crippen molar-refractivity contribution in [2.24, 2.45) is 0 Å². The van der Waals surface area contributed by atoms with Crippen molar-refractivity contribution in [3.05, 3.63) is 167 Å². The summed E-state index contributed by atoms with van der Waals surface area (Å²) in [6, 6.07) is 17.5. The Morgan fingerprint density at radius 1 is 0.839 bits per heavy atom. The third kappa shape index (κ3) is 9.24. The lowest BCUT2D eigenvalue weighted by Crippen LogP contribution is -2.62. The fraction of sp³-hybridized carbons (Fsp3) is 0.227. The van der Waals surface area contributed by atoms with Gasteiger partial charge in [0.1, 0.15) is 6.20 Å². The Labute approximate surface area is 353 Å². The van der Waals surface area contributed by atoms with E-state index in [9.17, 15) is 26.3 Å². The van der Waals surface area contributed by atoms with Crippen LogP contribution in [0.1, 0.15) is 49.7 Å². The van der Waals surface area contributed by atoms with Crippen molar-refractivity contribution < 1.29 is 56.8 Å². The predicted molar refractivity (Wildman–Crippen MR) is 224 cm³/mol. The summed E-state index contributed by atoms with van der Waals surface area (Å²) in [7, 11) is -11.9. The lowest BCUT2D eigenvalue weighted by atomic mass is 9.67. The fourth-order valence-electron chi connectivity index (χ4n) is 8.49. The smallest absolute Gasteiger partial charge is 0.522 e. The van der Waals surface area contributed by atoms with E-state index in [0.29, 0.717) is 0 Å². The average molecular weight is 899 g/mol. The number of nitrogens with one attached hydrogen (secondary N) is 2. The van der Waals surface area contributed by atoms with E-state index in [1.54, 1.807) is 11.1 Å². The highest BCUT2D eigenvalue weighted by atomic mass is 32.2. The number of aromatic amines is 2. The van der Waals surface area contributed by atoms with Gasteiger partial charge in [0.2, 0.25) is 0 Å². The Bertz CT molecular complexity index is 2850. The first-order chi connectivity index (χ1) is 29.2. The van der Waals surface area contributed by atoms with E-state index in [4.69, 9.17) is 25.9 Å². The zero-order valence-corrected chi connectivity index (χ0v) is 34.3. The molecule has 2 atom stereocenters. The van der Waals surface area contributed by atoms with E-state index in [1.165, 1.54) is 62.5 Å². The fourth-order valence-corrected chi connectivity index (χ4v) is 8.49. The van der Waals surface area contributed by atoms with E-state index in [0.717, 1.165) is 36.7 Å². The van der Waals surface area contributed by atoms with Crippen molar-refractivity contribution in [2.45, 2.75) is 55.1 Å². The van der Waals surface area contributed by atoms with Gasteiger partial charge in [0.15, 0.2) is 15.7 Å². The molecule has 1 aliphatic carbocycles. The number of nitrogens with zero attached hydrogens (tertiary/aromatic N) is 2. The van der Waals surface area contributed by atoms with E-state index < -0.39 is 31.3 Å². The minimum atomic E-state index is -6.09. The molecule has 5 aliphatic rings. The number of fused-ring (bicyclic) bond motifs is 4. The van der Waals surface area contributed by atoms with Gasteiger partial charge in [-0.1, -0.05) is 29.9 Å². The number of halogens is 6. The zero-order chi connectivity index (χ0) is 44.6. The van der Waals surface area contributed by atoms with Gasteiger partial charge in [0, 0.05) is 65.2 Å². The SMILES string of the molecule is C1=CN(/C=C/c2ccc3[nH]ccc3c2)C=C2C(=C1)CCC1=C2C23C=CC(/C=C/c4ccc5[nH]ccc5c4)=C[N+]2(C=CC1)CCCC3.O=S(=O)(O)C(F)(F)F.O=S(=O)([O-])C(F)(F)F. The van der Waals surface area contributed by atoms with Crippen molar-refractivity contribution in [2.75, 3.05) is 6.54 Å². The number of piperidine rings is 1. The number of hydrogen-bond acceptors (Lipinski definition) is 6. The average Bonchev–Trinajstić information content (AvgIpc) is 3.79. The molecule has 0 saturated carbocycles. The Balaban J connectivity index is 0.000000309. The normalized spacial score (nSPS) is 22.6.